The first kappa shape index (κ1) is 20.4. The molecule has 2 aliphatic heterocycles. The molecule has 2 amide bonds. The second-order valence-electron chi connectivity index (χ2n) is 8.27. The summed E-state index contributed by atoms with van der Waals surface area (Å²) in [6.07, 6.45) is 2.97. The van der Waals surface area contributed by atoms with Crippen molar-refractivity contribution < 1.29 is 18.4 Å². The van der Waals surface area contributed by atoms with Gasteiger partial charge in [-0.3, -0.25) is 9.59 Å². The van der Waals surface area contributed by atoms with Crippen molar-refractivity contribution in [2.24, 2.45) is 0 Å². The Morgan fingerprint density at radius 2 is 1.87 bits per heavy atom. The van der Waals surface area contributed by atoms with Crippen LogP contribution < -0.4 is 0 Å². The minimum Gasteiger partial charge on any atom is -0.337 e. The lowest BCUT2D eigenvalue weighted by Gasteiger charge is -2.24. The third-order valence-corrected chi connectivity index (χ3v) is 5.94. The van der Waals surface area contributed by atoms with Gasteiger partial charge in [0.2, 0.25) is 0 Å². The molecule has 9 heteroatoms. The number of nitrogens with zero attached hydrogens (tertiary/aromatic N) is 5. The van der Waals surface area contributed by atoms with Gasteiger partial charge in [0.15, 0.2) is 5.69 Å². The predicted octanol–water partition coefficient (Wildman–Crippen LogP) is 2.68. The second kappa shape index (κ2) is 7.77. The molecule has 160 valence electrons. The van der Waals surface area contributed by atoms with Crippen molar-refractivity contribution in [3.8, 4) is 0 Å². The van der Waals surface area contributed by atoms with Crippen molar-refractivity contribution in [3.05, 3.63) is 46.8 Å². The Bertz CT molecular complexity index is 968. The van der Waals surface area contributed by atoms with Crippen LogP contribution in [0.3, 0.4) is 0 Å². The van der Waals surface area contributed by atoms with Crippen molar-refractivity contribution in [1.82, 2.24) is 24.8 Å². The molecule has 0 bridgehead atoms. The van der Waals surface area contributed by atoms with Crippen LogP contribution in [-0.4, -0.2) is 68.2 Å². The van der Waals surface area contributed by atoms with Crippen LogP contribution >= 0.6 is 0 Å². The molecule has 2 fully saturated rings. The summed E-state index contributed by atoms with van der Waals surface area (Å²) in [5.41, 5.74) is 2.57. The molecule has 0 unspecified atom stereocenters. The SMILES string of the molecule is Cc1ccc(C(=O)N2CC(F)(F)C[C@H]2Cn2cc(C(=O)N3CCCC3)nn2)cc1C. The van der Waals surface area contributed by atoms with Crippen LogP contribution in [0.2, 0.25) is 0 Å². The summed E-state index contributed by atoms with van der Waals surface area (Å²) < 4.78 is 29.8. The molecule has 1 aromatic heterocycles. The lowest BCUT2D eigenvalue weighted by atomic mass is 10.1. The first-order valence-corrected chi connectivity index (χ1v) is 10.2. The first-order chi connectivity index (χ1) is 14.2. The van der Waals surface area contributed by atoms with E-state index >= 15 is 0 Å². The van der Waals surface area contributed by atoms with Crippen LogP contribution in [0.4, 0.5) is 8.78 Å². The number of carbonyl (C=O) groups is 2. The van der Waals surface area contributed by atoms with Gasteiger partial charge in [-0.1, -0.05) is 11.3 Å². The van der Waals surface area contributed by atoms with Crippen molar-refractivity contribution in [3.63, 3.8) is 0 Å². The zero-order chi connectivity index (χ0) is 21.5. The lowest BCUT2D eigenvalue weighted by molar-refractivity contribution is 0.0117. The van der Waals surface area contributed by atoms with E-state index in [1.54, 1.807) is 17.0 Å². The van der Waals surface area contributed by atoms with Gasteiger partial charge in [-0.15, -0.1) is 5.10 Å². The van der Waals surface area contributed by atoms with E-state index < -0.39 is 30.8 Å². The van der Waals surface area contributed by atoms with Crippen LogP contribution in [-0.2, 0) is 6.54 Å². The number of hydrogen-bond acceptors (Lipinski definition) is 4. The Morgan fingerprint density at radius 1 is 1.13 bits per heavy atom. The van der Waals surface area contributed by atoms with Crippen LogP contribution in [0.5, 0.6) is 0 Å². The average molecular weight is 417 g/mol. The highest BCUT2D eigenvalue weighted by molar-refractivity contribution is 5.95. The molecule has 1 atom stereocenters. The van der Waals surface area contributed by atoms with E-state index in [1.807, 2.05) is 19.9 Å². The van der Waals surface area contributed by atoms with E-state index in [2.05, 4.69) is 10.3 Å². The van der Waals surface area contributed by atoms with Crippen LogP contribution in [0, 0.1) is 13.8 Å². The van der Waals surface area contributed by atoms with Crippen molar-refractivity contribution in [2.45, 2.75) is 51.6 Å². The Kier molecular flexibility index (Phi) is 5.29. The zero-order valence-electron chi connectivity index (χ0n) is 17.1. The molecule has 7 nitrogen and oxygen atoms in total. The number of amides is 2. The maximum Gasteiger partial charge on any atom is 0.276 e. The number of benzene rings is 1. The summed E-state index contributed by atoms with van der Waals surface area (Å²) in [7, 11) is 0. The Balaban J connectivity index is 1.51. The van der Waals surface area contributed by atoms with E-state index in [1.165, 1.54) is 15.8 Å². The predicted molar refractivity (Wildman–Crippen MR) is 105 cm³/mol. The average Bonchev–Trinajstić information content (AvgIpc) is 3.43. The third kappa shape index (κ3) is 4.06. The molecule has 30 heavy (non-hydrogen) atoms. The summed E-state index contributed by atoms with van der Waals surface area (Å²) in [5, 5.41) is 7.87. The monoisotopic (exact) mass is 417 g/mol. The number of aromatic nitrogens is 3. The summed E-state index contributed by atoms with van der Waals surface area (Å²) in [5.74, 6) is -3.58. The van der Waals surface area contributed by atoms with Crippen LogP contribution in [0.25, 0.3) is 0 Å². The molecule has 0 saturated carbocycles. The van der Waals surface area contributed by atoms with Gasteiger partial charge in [-0.25, -0.2) is 13.5 Å². The fourth-order valence-electron chi connectivity index (χ4n) is 4.12. The lowest BCUT2D eigenvalue weighted by Crippen LogP contribution is -2.38. The number of carbonyl (C=O) groups excluding carboxylic acids is 2. The molecule has 3 heterocycles. The van der Waals surface area contributed by atoms with Crippen LogP contribution in [0.1, 0.15) is 51.2 Å². The third-order valence-electron chi connectivity index (χ3n) is 5.94. The van der Waals surface area contributed by atoms with Gasteiger partial charge in [0, 0.05) is 25.1 Å². The summed E-state index contributed by atoms with van der Waals surface area (Å²) >= 11 is 0. The maximum atomic E-state index is 14.2. The molecule has 0 radical (unpaired) electrons. The van der Waals surface area contributed by atoms with E-state index in [0.717, 1.165) is 24.0 Å². The number of likely N-dealkylation sites (tertiary alicyclic amines) is 2. The molecular weight excluding hydrogens is 392 g/mol. The quantitative estimate of drug-likeness (QED) is 0.767. The standard InChI is InChI=1S/C21H25F2N5O2/c1-14-5-6-16(9-15(14)2)19(29)28-13-21(22,23)10-17(28)11-27-12-18(24-25-27)20(30)26-7-3-4-8-26/h5-6,9,12,17H,3-4,7-8,10-11,13H2,1-2H3/t17-/m0/s1. The van der Waals surface area contributed by atoms with Crippen LogP contribution in [0.15, 0.2) is 24.4 Å². The van der Waals surface area contributed by atoms with Crippen molar-refractivity contribution >= 4 is 11.8 Å². The van der Waals surface area contributed by atoms with Gasteiger partial charge in [-0.2, -0.15) is 0 Å². The molecule has 1 aromatic carbocycles. The Morgan fingerprint density at radius 3 is 2.57 bits per heavy atom. The van der Waals surface area contributed by atoms with Gasteiger partial charge < -0.3 is 9.80 Å². The molecule has 0 aliphatic carbocycles. The molecule has 2 aromatic rings. The highest BCUT2D eigenvalue weighted by atomic mass is 19.3. The number of hydrogen-bond donors (Lipinski definition) is 0. The molecule has 2 aliphatic rings. The Labute approximate surface area is 173 Å². The number of halogens is 2. The second-order valence-corrected chi connectivity index (χ2v) is 8.27. The molecular formula is C21H25F2N5O2. The number of aryl methyl sites for hydroxylation is 2. The van der Waals surface area contributed by atoms with E-state index in [9.17, 15) is 18.4 Å². The van der Waals surface area contributed by atoms with Gasteiger partial charge in [0.25, 0.3) is 17.7 Å². The molecule has 4 rings (SSSR count). The van der Waals surface area contributed by atoms with Crippen molar-refractivity contribution in [2.75, 3.05) is 19.6 Å². The molecule has 0 N–H and O–H groups in total. The molecule has 2 saturated heterocycles. The fourth-order valence-corrected chi connectivity index (χ4v) is 4.12. The zero-order valence-corrected chi connectivity index (χ0v) is 17.1. The number of alkyl halides is 2. The summed E-state index contributed by atoms with van der Waals surface area (Å²) in [6.45, 7) is 4.64. The maximum absolute atomic E-state index is 14.2. The van der Waals surface area contributed by atoms with Gasteiger partial charge >= 0.3 is 0 Å². The highest BCUT2D eigenvalue weighted by Gasteiger charge is 2.47. The fraction of sp³-hybridized carbons (Fsp3) is 0.524. The van der Waals surface area contributed by atoms with Crippen molar-refractivity contribution in [1.29, 1.82) is 0 Å². The first-order valence-electron chi connectivity index (χ1n) is 10.2. The minimum atomic E-state index is -2.96. The van der Waals surface area contributed by atoms with E-state index in [0.29, 0.717) is 18.7 Å². The van der Waals surface area contributed by atoms with E-state index in [4.69, 9.17) is 0 Å². The van der Waals surface area contributed by atoms with Gasteiger partial charge in [-0.05, 0) is 49.9 Å². The number of rotatable bonds is 4. The van der Waals surface area contributed by atoms with Gasteiger partial charge in [0.05, 0.1) is 25.3 Å². The van der Waals surface area contributed by atoms with E-state index in [-0.39, 0.29) is 18.1 Å². The largest absolute Gasteiger partial charge is 0.337 e. The van der Waals surface area contributed by atoms with Gasteiger partial charge in [0.1, 0.15) is 0 Å². The normalized spacial score (nSPS) is 20.7. The Hall–Kier alpha value is -2.84. The minimum absolute atomic E-state index is 0.0620. The summed E-state index contributed by atoms with van der Waals surface area (Å²) in [4.78, 5) is 28.3. The molecule has 0 spiro atoms. The topological polar surface area (TPSA) is 71.3 Å². The highest BCUT2D eigenvalue weighted by Crippen LogP contribution is 2.34. The smallest absolute Gasteiger partial charge is 0.276 e. The summed E-state index contributed by atoms with van der Waals surface area (Å²) in [6, 6.07) is 4.48.